The normalized spacial score (nSPS) is 10.9. The minimum absolute atomic E-state index is 0.0249. The molecule has 0 radical (unpaired) electrons. The molecular weight excluding hydrogens is 276 g/mol. The first-order valence-electron chi connectivity index (χ1n) is 6.61. The summed E-state index contributed by atoms with van der Waals surface area (Å²) in [6, 6.07) is 14.2. The summed E-state index contributed by atoms with van der Waals surface area (Å²) >= 11 is 0. The zero-order chi connectivity index (χ0) is 15.1. The van der Waals surface area contributed by atoms with Gasteiger partial charge in [0.05, 0.1) is 6.61 Å². The summed E-state index contributed by atoms with van der Waals surface area (Å²) in [5.41, 5.74) is 2.49. The Kier molecular flexibility index (Phi) is 5.66. The van der Waals surface area contributed by atoms with Gasteiger partial charge in [0.25, 0.3) is 0 Å². The Labute approximate surface area is 122 Å². The van der Waals surface area contributed by atoms with Crippen LogP contribution >= 0.6 is 0 Å². The molecule has 0 aromatic heterocycles. The second-order valence-electron chi connectivity index (χ2n) is 4.52. The van der Waals surface area contributed by atoms with Gasteiger partial charge in [-0.1, -0.05) is 42.5 Å². The van der Waals surface area contributed by atoms with Gasteiger partial charge in [-0.3, -0.25) is 0 Å². The molecule has 0 saturated carbocycles. The van der Waals surface area contributed by atoms with Crippen molar-refractivity contribution in [3.05, 3.63) is 65.2 Å². The second kappa shape index (κ2) is 7.71. The van der Waals surface area contributed by atoms with Crippen LogP contribution in [0, 0.1) is 0 Å². The summed E-state index contributed by atoms with van der Waals surface area (Å²) in [6.07, 6.45) is 0. The second-order valence-corrected chi connectivity index (χ2v) is 4.52. The highest BCUT2D eigenvalue weighted by molar-refractivity contribution is 5.33. The van der Waals surface area contributed by atoms with E-state index in [0.29, 0.717) is 18.7 Å². The van der Waals surface area contributed by atoms with Gasteiger partial charge in [-0.25, -0.2) is 0 Å². The summed E-state index contributed by atoms with van der Waals surface area (Å²) in [7, 11) is 0. The first-order valence-corrected chi connectivity index (χ1v) is 6.61. The van der Waals surface area contributed by atoms with Crippen LogP contribution in [0.5, 0.6) is 5.75 Å². The Hall–Kier alpha value is -1.98. The van der Waals surface area contributed by atoms with Crippen molar-refractivity contribution in [3.8, 4) is 5.75 Å². The quantitative estimate of drug-likeness (QED) is 0.824. The number of hydrogen-bond donors (Lipinski definition) is 2. The van der Waals surface area contributed by atoms with E-state index in [1.54, 1.807) is 18.2 Å². The Morgan fingerprint density at radius 2 is 1.48 bits per heavy atom. The summed E-state index contributed by atoms with van der Waals surface area (Å²) in [5, 5.41) is 12.4. The number of halogens is 2. The number of aliphatic hydroxyl groups is 1. The molecule has 5 heteroatoms. The fraction of sp³-hybridized carbons (Fsp3) is 0.250. The SMILES string of the molecule is OCc1ccccc1CNCc1ccccc1OC(F)F. The molecule has 0 saturated heterocycles. The van der Waals surface area contributed by atoms with E-state index in [1.807, 2.05) is 24.3 Å². The molecule has 0 aliphatic carbocycles. The highest BCUT2D eigenvalue weighted by Crippen LogP contribution is 2.20. The van der Waals surface area contributed by atoms with Crippen LogP contribution in [0.4, 0.5) is 8.78 Å². The van der Waals surface area contributed by atoms with Gasteiger partial charge in [-0.15, -0.1) is 0 Å². The van der Waals surface area contributed by atoms with E-state index in [-0.39, 0.29) is 12.4 Å². The van der Waals surface area contributed by atoms with Crippen LogP contribution in [-0.4, -0.2) is 11.7 Å². The van der Waals surface area contributed by atoms with Gasteiger partial charge in [-0.2, -0.15) is 8.78 Å². The first kappa shape index (κ1) is 15.4. The predicted octanol–water partition coefficient (Wildman–Crippen LogP) is 3.07. The van der Waals surface area contributed by atoms with Crippen molar-refractivity contribution in [2.75, 3.05) is 0 Å². The maximum atomic E-state index is 12.3. The Morgan fingerprint density at radius 3 is 2.14 bits per heavy atom. The van der Waals surface area contributed by atoms with Crippen molar-refractivity contribution in [2.45, 2.75) is 26.3 Å². The zero-order valence-electron chi connectivity index (χ0n) is 11.4. The topological polar surface area (TPSA) is 41.5 Å². The summed E-state index contributed by atoms with van der Waals surface area (Å²) < 4.78 is 29.1. The van der Waals surface area contributed by atoms with E-state index in [4.69, 9.17) is 0 Å². The van der Waals surface area contributed by atoms with Crippen molar-refractivity contribution >= 4 is 0 Å². The molecule has 0 aliphatic heterocycles. The minimum Gasteiger partial charge on any atom is -0.434 e. The van der Waals surface area contributed by atoms with Crippen molar-refractivity contribution in [3.63, 3.8) is 0 Å². The standard InChI is InChI=1S/C16H17F2NO2/c17-16(18)21-15-8-4-3-6-13(15)10-19-9-12-5-1-2-7-14(12)11-20/h1-8,16,19-20H,9-11H2. The number of aliphatic hydroxyl groups excluding tert-OH is 1. The summed E-state index contributed by atoms with van der Waals surface area (Å²) in [4.78, 5) is 0. The highest BCUT2D eigenvalue weighted by Gasteiger charge is 2.08. The Bertz CT molecular complexity index is 576. The van der Waals surface area contributed by atoms with E-state index < -0.39 is 6.61 Å². The average molecular weight is 293 g/mol. The maximum Gasteiger partial charge on any atom is 0.387 e. The lowest BCUT2D eigenvalue weighted by Crippen LogP contribution is -2.15. The molecule has 2 aromatic carbocycles. The molecule has 0 fully saturated rings. The van der Waals surface area contributed by atoms with E-state index in [0.717, 1.165) is 11.1 Å². The van der Waals surface area contributed by atoms with E-state index in [2.05, 4.69) is 10.1 Å². The van der Waals surface area contributed by atoms with Crippen molar-refractivity contribution < 1.29 is 18.6 Å². The molecule has 0 spiro atoms. The van der Waals surface area contributed by atoms with Gasteiger partial charge in [-0.05, 0) is 17.2 Å². The molecule has 0 heterocycles. The van der Waals surface area contributed by atoms with Gasteiger partial charge < -0.3 is 15.2 Å². The van der Waals surface area contributed by atoms with Crippen molar-refractivity contribution in [2.24, 2.45) is 0 Å². The molecule has 0 aliphatic rings. The first-order chi connectivity index (χ1) is 10.2. The van der Waals surface area contributed by atoms with Crippen molar-refractivity contribution in [1.29, 1.82) is 0 Å². The van der Waals surface area contributed by atoms with Gasteiger partial charge >= 0.3 is 6.61 Å². The number of alkyl halides is 2. The fourth-order valence-corrected chi connectivity index (χ4v) is 2.08. The monoisotopic (exact) mass is 293 g/mol. The highest BCUT2D eigenvalue weighted by atomic mass is 19.3. The molecule has 0 unspecified atom stereocenters. The lowest BCUT2D eigenvalue weighted by atomic mass is 10.1. The smallest absolute Gasteiger partial charge is 0.387 e. The van der Waals surface area contributed by atoms with Gasteiger partial charge in [0.15, 0.2) is 0 Å². The molecule has 0 bridgehead atoms. The number of rotatable bonds is 7. The zero-order valence-corrected chi connectivity index (χ0v) is 11.4. The van der Waals surface area contributed by atoms with Gasteiger partial charge in [0.1, 0.15) is 5.75 Å². The van der Waals surface area contributed by atoms with Crippen LogP contribution in [0.15, 0.2) is 48.5 Å². The van der Waals surface area contributed by atoms with E-state index in [1.165, 1.54) is 6.07 Å². The third-order valence-electron chi connectivity index (χ3n) is 3.11. The summed E-state index contributed by atoms with van der Waals surface area (Å²) in [5.74, 6) is 0.176. The molecule has 0 atom stereocenters. The molecule has 2 aromatic rings. The number of hydrogen-bond acceptors (Lipinski definition) is 3. The number of nitrogens with one attached hydrogen (secondary N) is 1. The van der Waals surface area contributed by atoms with Crippen LogP contribution in [0.2, 0.25) is 0 Å². The molecule has 112 valence electrons. The third kappa shape index (κ3) is 4.51. The van der Waals surface area contributed by atoms with E-state index in [9.17, 15) is 13.9 Å². The van der Waals surface area contributed by atoms with Crippen LogP contribution in [0.1, 0.15) is 16.7 Å². The molecule has 0 amide bonds. The molecule has 21 heavy (non-hydrogen) atoms. The molecule has 2 N–H and O–H groups in total. The third-order valence-corrected chi connectivity index (χ3v) is 3.11. The average Bonchev–Trinajstić information content (AvgIpc) is 2.49. The largest absolute Gasteiger partial charge is 0.434 e. The van der Waals surface area contributed by atoms with E-state index >= 15 is 0 Å². The molecular formula is C16H17F2NO2. The lowest BCUT2D eigenvalue weighted by molar-refractivity contribution is -0.0505. The number of para-hydroxylation sites is 1. The van der Waals surface area contributed by atoms with Gasteiger partial charge in [0.2, 0.25) is 0 Å². The number of ether oxygens (including phenoxy) is 1. The van der Waals surface area contributed by atoms with Crippen LogP contribution < -0.4 is 10.1 Å². The molecule has 2 rings (SSSR count). The molecule has 3 nitrogen and oxygen atoms in total. The van der Waals surface area contributed by atoms with Gasteiger partial charge in [0, 0.05) is 18.7 Å². The van der Waals surface area contributed by atoms with Crippen LogP contribution in [0.3, 0.4) is 0 Å². The minimum atomic E-state index is -2.83. The Balaban J connectivity index is 1.97. The van der Waals surface area contributed by atoms with Crippen LogP contribution in [0.25, 0.3) is 0 Å². The van der Waals surface area contributed by atoms with Crippen molar-refractivity contribution in [1.82, 2.24) is 5.32 Å². The summed E-state index contributed by atoms with van der Waals surface area (Å²) in [6.45, 7) is -1.91. The fourth-order valence-electron chi connectivity index (χ4n) is 2.08. The Morgan fingerprint density at radius 1 is 0.905 bits per heavy atom. The number of benzene rings is 2. The van der Waals surface area contributed by atoms with Crippen LogP contribution in [-0.2, 0) is 19.7 Å². The lowest BCUT2D eigenvalue weighted by Gasteiger charge is -2.12. The predicted molar refractivity (Wildman–Crippen MR) is 76.0 cm³/mol. The maximum absolute atomic E-state index is 12.3.